The molecule has 0 aliphatic heterocycles. The van der Waals surface area contributed by atoms with Gasteiger partial charge in [0, 0.05) is 6.04 Å². The molecule has 0 fully saturated rings. The van der Waals surface area contributed by atoms with Gasteiger partial charge in [-0.15, -0.1) is 0 Å². The van der Waals surface area contributed by atoms with E-state index in [1.54, 1.807) is 0 Å². The summed E-state index contributed by atoms with van der Waals surface area (Å²) in [5, 5.41) is 0. The Hall–Kier alpha value is -0.370. The lowest BCUT2D eigenvalue weighted by Gasteiger charge is -2.19. The molecule has 0 bridgehead atoms. The summed E-state index contributed by atoms with van der Waals surface area (Å²) >= 11 is 0. The van der Waals surface area contributed by atoms with Crippen LogP contribution in [0.3, 0.4) is 0 Å². The Bertz CT molecular complexity index is 79.0. The van der Waals surface area contributed by atoms with Crippen molar-refractivity contribution in [1.29, 1.82) is 0 Å². The fourth-order valence-electron chi connectivity index (χ4n) is 0.807. The average molecular weight is 128 g/mol. The maximum Gasteiger partial charge on any atom is 0.0537 e. The molecule has 0 heterocycles. The van der Waals surface area contributed by atoms with E-state index >= 15 is 0 Å². The van der Waals surface area contributed by atoms with Gasteiger partial charge in [0.25, 0.3) is 0 Å². The second-order valence-corrected chi connectivity index (χ2v) is 2.43. The molecule has 9 heavy (non-hydrogen) atoms. The molecule has 54 valence electrons. The topological polar surface area (TPSA) is 15.6 Å². The second-order valence-electron chi connectivity index (χ2n) is 2.43. The van der Waals surface area contributed by atoms with Crippen LogP contribution in [0.25, 0.3) is 0 Å². The van der Waals surface area contributed by atoms with Crippen LogP contribution in [0.2, 0.25) is 0 Å². The molecule has 0 aromatic rings. The largest absolute Gasteiger partial charge is 0.305 e. The Morgan fingerprint density at radius 1 is 1.56 bits per heavy atom. The predicted octanol–water partition coefficient (Wildman–Crippen LogP) is 1.03. The molecule has 0 N–H and O–H groups in total. The number of hydrogen-bond acceptors (Lipinski definition) is 2. The standard InChI is InChI=1S/C7H16N2/c1-5-7(6-8-2)9(3)4/h7H,2,5-6H2,1,3-4H3/t7-/m1/s1. The van der Waals surface area contributed by atoms with E-state index in [9.17, 15) is 0 Å². The van der Waals surface area contributed by atoms with Crippen LogP contribution < -0.4 is 0 Å². The molecule has 0 aliphatic carbocycles. The SMILES string of the molecule is C=NC[C@@H](CC)N(C)C. The maximum atomic E-state index is 3.84. The van der Waals surface area contributed by atoms with E-state index in [1.165, 1.54) is 0 Å². The van der Waals surface area contributed by atoms with Crippen LogP contribution in [0.4, 0.5) is 0 Å². The van der Waals surface area contributed by atoms with Gasteiger partial charge in [-0.05, 0) is 27.2 Å². The number of aliphatic imine (C=N–C) groups is 1. The van der Waals surface area contributed by atoms with Gasteiger partial charge < -0.3 is 4.90 Å². The zero-order valence-electron chi connectivity index (χ0n) is 6.59. The fourth-order valence-corrected chi connectivity index (χ4v) is 0.807. The van der Waals surface area contributed by atoms with E-state index in [4.69, 9.17) is 0 Å². The van der Waals surface area contributed by atoms with Gasteiger partial charge in [-0.25, -0.2) is 0 Å². The highest BCUT2D eigenvalue weighted by Gasteiger charge is 2.05. The van der Waals surface area contributed by atoms with Crippen molar-refractivity contribution in [2.45, 2.75) is 19.4 Å². The summed E-state index contributed by atoms with van der Waals surface area (Å²) in [6.45, 7) is 6.47. The van der Waals surface area contributed by atoms with Crippen molar-refractivity contribution in [3.63, 3.8) is 0 Å². The molecule has 2 nitrogen and oxygen atoms in total. The summed E-state index contributed by atoms with van der Waals surface area (Å²) in [6.07, 6.45) is 1.14. The van der Waals surface area contributed by atoms with Crippen molar-refractivity contribution in [2.24, 2.45) is 4.99 Å². The van der Waals surface area contributed by atoms with Gasteiger partial charge in [-0.3, -0.25) is 4.99 Å². The van der Waals surface area contributed by atoms with Crippen molar-refractivity contribution >= 4 is 6.72 Å². The molecule has 0 radical (unpaired) electrons. The highest BCUT2D eigenvalue weighted by Crippen LogP contribution is 1.97. The van der Waals surface area contributed by atoms with Crippen molar-refractivity contribution in [2.75, 3.05) is 20.6 Å². The van der Waals surface area contributed by atoms with Gasteiger partial charge in [0.1, 0.15) is 0 Å². The summed E-state index contributed by atoms with van der Waals surface area (Å²) in [5.41, 5.74) is 0. The van der Waals surface area contributed by atoms with Gasteiger partial charge in [-0.2, -0.15) is 0 Å². The van der Waals surface area contributed by atoms with Gasteiger partial charge in [0.05, 0.1) is 6.54 Å². The maximum absolute atomic E-state index is 3.84. The number of likely N-dealkylation sites (N-methyl/N-ethyl adjacent to an activating group) is 1. The van der Waals surface area contributed by atoms with Gasteiger partial charge in [0.2, 0.25) is 0 Å². The quantitative estimate of drug-likeness (QED) is 0.516. The molecule has 0 spiro atoms. The molecule has 0 aromatic carbocycles. The van der Waals surface area contributed by atoms with Crippen molar-refractivity contribution in [1.82, 2.24) is 4.90 Å². The molecular formula is C7H16N2. The summed E-state index contributed by atoms with van der Waals surface area (Å²) in [6, 6.07) is 0.572. The first kappa shape index (κ1) is 8.63. The Morgan fingerprint density at radius 3 is 2.22 bits per heavy atom. The Balaban J connectivity index is 3.53. The molecule has 0 amide bonds. The monoisotopic (exact) mass is 128 g/mol. The Morgan fingerprint density at radius 2 is 2.11 bits per heavy atom. The highest BCUT2D eigenvalue weighted by molar-refractivity contribution is 5.23. The highest BCUT2D eigenvalue weighted by atomic mass is 15.1. The van der Waals surface area contributed by atoms with Crippen molar-refractivity contribution in [3.8, 4) is 0 Å². The summed E-state index contributed by atoms with van der Waals surface area (Å²) in [5.74, 6) is 0. The average Bonchev–Trinajstić information content (AvgIpc) is 1.82. The number of hydrogen-bond donors (Lipinski definition) is 0. The van der Waals surface area contributed by atoms with Gasteiger partial charge in [-0.1, -0.05) is 6.92 Å². The van der Waals surface area contributed by atoms with Crippen LogP contribution in [0.5, 0.6) is 0 Å². The van der Waals surface area contributed by atoms with E-state index in [0.29, 0.717) is 6.04 Å². The van der Waals surface area contributed by atoms with Crippen molar-refractivity contribution in [3.05, 3.63) is 0 Å². The van der Waals surface area contributed by atoms with E-state index in [0.717, 1.165) is 13.0 Å². The van der Waals surface area contributed by atoms with E-state index in [2.05, 4.69) is 37.6 Å². The lowest BCUT2D eigenvalue weighted by atomic mass is 10.2. The first-order chi connectivity index (χ1) is 4.22. The van der Waals surface area contributed by atoms with E-state index in [-0.39, 0.29) is 0 Å². The van der Waals surface area contributed by atoms with E-state index in [1.807, 2.05) is 0 Å². The summed E-state index contributed by atoms with van der Waals surface area (Å²) in [7, 11) is 4.14. The predicted molar refractivity (Wildman–Crippen MR) is 42.2 cm³/mol. The molecule has 0 unspecified atom stereocenters. The van der Waals surface area contributed by atoms with Gasteiger partial charge in [0.15, 0.2) is 0 Å². The molecule has 0 aromatic heterocycles. The molecule has 2 heteroatoms. The Kier molecular flexibility index (Phi) is 4.32. The van der Waals surface area contributed by atoms with Crippen LogP contribution >= 0.6 is 0 Å². The van der Waals surface area contributed by atoms with Crippen molar-refractivity contribution < 1.29 is 0 Å². The summed E-state index contributed by atoms with van der Waals surface area (Å²) < 4.78 is 0. The summed E-state index contributed by atoms with van der Waals surface area (Å²) in [4.78, 5) is 6.01. The molecule has 0 saturated carbocycles. The molecular weight excluding hydrogens is 112 g/mol. The number of nitrogens with zero attached hydrogens (tertiary/aromatic N) is 2. The minimum Gasteiger partial charge on any atom is -0.305 e. The molecule has 0 aliphatic rings. The third-order valence-electron chi connectivity index (χ3n) is 1.54. The third kappa shape index (κ3) is 3.25. The second kappa shape index (κ2) is 4.50. The van der Waals surface area contributed by atoms with Crippen LogP contribution in [-0.4, -0.2) is 38.3 Å². The first-order valence-corrected chi connectivity index (χ1v) is 3.31. The first-order valence-electron chi connectivity index (χ1n) is 3.31. The zero-order valence-corrected chi connectivity index (χ0v) is 6.59. The van der Waals surface area contributed by atoms with Crippen LogP contribution in [0, 0.1) is 0 Å². The lowest BCUT2D eigenvalue weighted by molar-refractivity contribution is 0.293. The fraction of sp³-hybridized carbons (Fsp3) is 0.857. The molecule has 0 saturated heterocycles. The zero-order chi connectivity index (χ0) is 7.28. The Labute approximate surface area is 57.6 Å². The smallest absolute Gasteiger partial charge is 0.0537 e. The molecule has 1 atom stereocenters. The van der Waals surface area contributed by atoms with Crippen LogP contribution in [0.15, 0.2) is 4.99 Å². The lowest BCUT2D eigenvalue weighted by Crippen LogP contribution is -2.29. The number of rotatable bonds is 4. The normalized spacial score (nSPS) is 13.8. The molecule has 0 rings (SSSR count). The van der Waals surface area contributed by atoms with Gasteiger partial charge >= 0.3 is 0 Å². The minimum absolute atomic E-state index is 0.572. The third-order valence-corrected chi connectivity index (χ3v) is 1.54. The van der Waals surface area contributed by atoms with E-state index < -0.39 is 0 Å². The van der Waals surface area contributed by atoms with Crippen LogP contribution in [0.1, 0.15) is 13.3 Å². The minimum atomic E-state index is 0.572. The van der Waals surface area contributed by atoms with Crippen LogP contribution in [-0.2, 0) is 0 Å².